The number of alkyl halides is 2. The Labute approximate surface area is 105 Å². The van der Waals surface area contributed by atoms with Crippen LogP contribution in [0.5, 0.6) is 0 Å². The van der Waals surface area contributed by atoms with Crippen LogP contribution in [0.4, 0.5) is 0 Å². The number of thiophene rings is 1. The van der Waals surface area contributed by atoms with E-state index in [1.165, 1.54) is 4.88 Å². The lowest BCUT2D eigenvalue weighted by atomic mass is 9.91. The summed E-state index contributed by atoms with van der Waals surface area (Å²) in [6.07, 6.45) is 1.07. The molecule has 0 amide bonds. The smallest absolute Gasteiger partial charge is 0.0931 e. The van der Waals surface area contributed by atoms with E-state index in [2.05, 4.69) is 44.8 Å². The summed E-state index contributed by atoms with van der Waals surface area (Å²) in [5.74, 6) is 0. The molecule has 0 bridgehead atoms. The Balaban J connectivity index is 2.67. The fourth-order valence-corrected chi connectivity index (χ4v) is 3.63. The molecule has 0 atom stereocenters. The Morgan fingerprint density at radius 3 is 2.38 bits per heavy atom. The molecule has 0 aliphatic carbocycles. The van der Waals surface area contributed by atoms with Crippen molar-refractivity contribution in [2.45, 2.75) is 13.3 Å². The predicted molar refractivity (Wildman–Crippen MR) is 68.7 cm³/mol. The molecule has 13 heavy (non-hydrogen) atoms. The highest BCUT2D eigenvalue weighted by molar-refractivity contribution is 9.09. The van der Waals surface area contributed by atoms with Crippen molar-refractivity contribution in [3.63, 3.8) is 0 Å². The molecule has 1 aromatic heterocycles. The number of hydrogen-bond acceptors (Lipinski definition) is 1. The van der Waals surface area contributed by atoms with Crippen LogP contribution in [0.3, 0.4) is 0 Å². The Kier molecular flexibility index (Phi) is 4.76. The van der Waals surface area contributed by atoms with E-state index in [0.717, 1.165) is 21.4 Å². The van der Waals surface area contributed by atoms with Gasteiger partial charge >= 0.3 is 0 Å². The summed E-state index contributed by atoms with van der Waals surface area (Å²) < 4.78 is 0.876. The van der Waals surface area contributed by atoms with Crippen molar-refractivity contribution in [3.8, 4) is 0 Å². The van der Waals surface area contributed by atoms with Gasteiger partial charge in [-0.15, -0.1) is 11.3 Å². The lowest BCUT2D eigenvalue weighted by Crippen LogP contribution is -2.22. The maximum absolute atomic E-state index is 5.87. The van der Waals surface area contributed by atoms with Crippen LogP contribution in [0.2, 0.25) is 4.34 Å². The van der Waals surface area contributed by atoms with E-state index in [4.69, 9.17) is 11.6 Å². The fourth-order valence-electron chi connectivity index (χ4n) is 0.998. The van der Waals surface area contributed by atoms with Crippen molar-refractivity contribution in [2.24, 2.45) is 5.41 Å². The standard InChI is InChI=1S/C9H11Br2ClS/c1-9(5-10,6-11)4-7-2-3-8(12)13-7/h2-3H,4-6H2,1H3. The minimum atomic E-state index is 0.286. The first kappa shape index (κ1) is 12.0. The Bertz CT molecular complexity index is 268. The van der Waals surface area contributed by atoms with Gasteiger partial charge in [0.15, 0.2) is 0 Å². The van der Waals surface area contributed by atoms with E-state index in [0.29, 0.717) is 0 Å². The molecule has 4 heteroatoms. The summed E-state index contributed by atoms with van der Waals surface area (Å²) in [6, 6.07) is 4.07. The minimum absolute atomic E-state index is 0.286. The summed E-state index contributed by atoms with van der Waals surface area (Å²) in [5, 5.41) is 2.00. The van der Waals surface area contributed by atoms with Crippen LogP contribution in [0.15, 0.2) is 12.1 Å². The summed E-state index contributed by atoms with van der Waals surface area (Å²) in [4.78, 5) is 1.35. The van der Waals surface area contributed by atoms with Crippen molar-refractivity contribution in [1.29, 1.82) is 0 Å². The molecule has 0 radical (unpaired) electrons. The maximum atomic E-state index is 5.87. The molecule has 0 nitrogen and oxygen atoms in total. The van der Waals surface area contributed by atoms with Crippen molar-refractivity contribution < 1.29 is 0 Å². The third-order valence-corrected chi connectivity index (χ3v) is 5.81. The summed E-state index contributed by atoms with van der Waals surface area (Å²) >= 11 is 14.6. The molecule has 74 valence electrons. The second kappa shape index (κ2) is 5.15. The van der Waals surface area contributed by atoms with Gasteiger partial charge in [0.1, 0.15) is 0 Å². The zero-order valence-corrected chi connectivity index (χ0v) is 12.1. The van der Waals surface area contributed by atoms with Gasteiger partial charge in [0.2, 0.25) is 0 Å². The van der Waals surface area contributed by atoms with Gasteiger partial charge in [0.25, 0.3) is 0 Å². The largest absolute Gasteiger partial charge is 0.128 e. The fraction of sp³-hybridized carbons (Fsp3) is 0.556. The summed E-state index contributed by atoms with van der Waals surface area (Å²) in [6.45, 7) is 2.25. The molecular weight excluding hydrogens is 335 g/mol. The second-order valence-electron chi connectivity index (χ2n) is 3.46. The monoisotopic (exact) mass is 344 g/mol. The van der Waals surface area contributed by atoms with E-state index >= 15 is 0 Å². The molecule has 1 aromatic rings. The van der Waals surface area contributed by atoms with Gasteiger partial charge < -0.3 is 0 Å². The Morgan fingerprint density at radius 2 is 2.00 bits per heavy atom. The molecule has 0 spiro atoms. The number of rotatable bonds is 4. The topological polar surface area (TPSA) is 0 Å². The van der Waals surface area contributed by atoms with Crippen molar-refractivity contribution in [3.05, 3.63) is 21.3 Å². The van der Waals surface area contributed by atoms with E-state index in [1.54, 1.807) is 11.3 Å². The third kappa shape index (κ3) is 3.54. The van der Waals surface area contributed by atoms with Crippen LogP contribution in [-0.2, 0) is 6.42 Å². The van der Waals surface area contributed by atoms with Gasteiger partial charge in [-0.05, 0) is 24.0 Å². The first-order valence-corrected chi connectivity index (χ1v) is 7.39. The molecule has 0 aliphatic heterocycles. The lowest BCUT2D eigenvalue weighted by Gasteiger charge is -2.23. The third-order valence-electron chi connectivity index (χ3n) is 1.88. The average molecular weight is 347 g/mol. The van der Waals surface area contributed by atoms with Gasteiger partial charge in [-0.25, -0.2) is 0 Å². The summed E-state index contributed by atoms with van der Waals surface area (Å²) in [5.41, 5.74) is 0.286. The van der Waals surface area contributed by atoms with Crippen LogP contribution in [0.25, 0.3) is 0 Å². The van der Waals surface area contributed by atoms with E-state index < -0.39 is 0 Å². The highest BCUT2D eigenvalue weighted by Gasteiger charge is 2.22. The zero-order valence-electron chi connectivity index (χ0n) is 7.32. The van der Waals surface area contributed by atoms with E-state index in [-0.39, 0.29) is 5.41 Å². The molecular formula is C9H11Br2ClS. The molecule has 0 saturated heterocycles. The molecule has 0 saturated carbocycles. The first-order valence-electron chi connectivity index (χ1n) is 3.96. The van der Waals surface area contributed by atoms with Crippen LogP contribution < -0.4 is 0 Å². The van der Waals surface area contributed by atoms with Crippen LogP contribution in [-0.4, -0.2) is 10.7 Å². The lowest BCUT2D eigenvalue weighted by molar-refractivity contribution is 0.442. The normalized spacial score (nSPS) is 12.0. The zero-order chi connectivity index (χ0) is 9.90. The highest BCUT2D eigenvalue weighted by Crippen LogP contribution is 2.31. The highest BCUT2D eigenvalue weighted by atomic mass is 79.9. The molecule has 1 rings (SSSR count). The van der Waals surface area contributed by atoms with Gasteiger partial charge in [-0.1, -0.05) is 50.4 Å². The van der Waals surface area contributed by atoms with Crippen LogP contribution in [0.1, 0.15) is 11.8 Å². The maximum Gasteiger partial charge on any atom is 0.0931 e. The molecule has 1 heterocycles. The molecule has 0 aromatic carbocycles. The van der Waals surface area contributed by atoms with Gasteiger partial charge in [0.05, 0.1) is 4.34 Å². The van der Waals surface area contributed by atoms with Crippen molar-refractivity contribution in [1.82, 2.24) is 0 Å². The SMILES string of the molecule is CC(CBr)(CBr)Cc1ccc(Cl)s1. The predicted octanol–water partition coefficient (Wildman–Crippen LogP) is 4.74. The van der Waals surface area contributed by atoms with E-state index in [9.17, 15) is 0 Å². The minimum Gasteiger partial charge on any atom is -0.128 e. The second-order valence-corrected chi connectivity index (χ2v) is 6.38. The van der Waals surface area contributed by atoms with Gasteiger partial charge in [0, 0.05) is 15.5 Å². The molecule has 0 N–H and O–H groups in total. The van der Waals surface area contributed by atoms with Crippen LogP contribution >= 0.6 is 54.8 Å². The Morgan fingerprint density at radius 1 is 1.38 bits per heavy atom. The Hall–Kier alpha value is 0.950. The first-order chi connectivity index (χ1) is 6.09. The number of halogens is 3. The van der Waals surface area contributed by atoms with Crippen molar-refractivity contribution in [2.75, 3.05) is 10.7 Å². The average Bonchev–Trinajstić information content (AvgIpc) is 2.51. The van der Waals surface area contributed by atoms with Crippen LogP contribution in [0, 0.1) is 5.41 Å². The quantitative estimate of drug-likeness (QED) is 0.691. The molecule has 0 fully saturated rings. The molecule has 0 aliphatic rings. The van der Waals surface area contributed by atoms with E-state index in [1.807, 2.05) is 6.07 Å². The summed E-state index contributed by atoms with van der Waals surface area (Å²) in [7, 11) is 0. The number of hydrogen-bond donors (Lipinski definition) is 0. The van der Waals surface area contributed by atoms with Gasteiger partial charge in [-0.3, -0.25) is 0 Å². The van der Waals surface area contributed by atoms with Crippen molar-refractivity contribution >= 4 is 54.8 Å². The molecule has 0 unspecified atom stereocenters. The van der Waals surface area contributed by atoms with Gasteiger partial charge in [-0.2, -0.15) is 0 Å².